The third-order valence-corrected chi connectivity index (χ3v) is 4.35. The lowest BCUT2D eigenvalue weighted by Crippen LogP contribution is -2.14. The van der Waals surface area contributed by atoms with Crippen LogP contribution in [0.15, 0.2) is 11.6 Å². The Labute approximate surface area is 99.5 Å². The van der Waals surface area contributed by atoms with E-state index >= 15 is 0 Å². The zero-order valence-corrected chi connectivity index (χ0v) is 10.1. The molecule has 0 atom stereocenters. The molecule has 1 fully saturated rings. The summed E-state index contributed by atoms with van der Waals surface area (Å²) >= 11 is 1.74. The first-order valence-electron chi connectivity index (χ1n) is 5.87. The molecule has 0 saturated heterocycles. The zero-order chi connectivity index (χ0) is 11.4. The van der Waals surface area contributed by atoms with Gasteiger partial charge in [-0.1, -0.05) is 0 Å². The molecule has 3 nitrogen and oxygen atoms in total. The zero-order valence-electron chi connectivity index (χ0n) is 9.26. The van der Waals surface area contributed by atoms with Gasteiger partial charge in [0.05, 0.1) is 5.01 Å². The van der Waals surface area contributed by atoms with Gasteiger partial charge in [-0.3, -0.25) is 4.79 Å². The fraction of sp³-hybridized carbons (Fsp3) is 0.667. The molecule has 1 aromatic rings. The maximum Gasteiger partial charge on any atom is 0.303 e. The van der Waals surface area contributed by atoms with Crippen molar-refractivity contribution in [2.45, 2.75) is 44.4 Å². The summed E-state index contributed by atoms with van der Waals surface area (Å²) in [6, 6.07) is 0. The van der Waals surface area contributed by atoms with E-state index in [1.54, 1.807) is 11.3 Å². The van der Waals surface area contributed by atoms with Crippen molar-refractivity contribution < 1.29 is 9.90 Å². The van der Waals surface area contributed by atoms with E-state index in [0.717, 1.165) is 19.3 Å². The highest BCUT2D eigenvalue weighted by atomic mass is 32.1. The van der Waals surface area contributed by atoms with Crippen molar-refractivity contribution in [3.8, 4) is 0 Å². The third-order valence-electron chi connectivity index (χ3n) is 3.41. The molecule has 1 N–H and O–H groups in total. The molecule has 0 bridgehead atoms. The van der Waals surface area contributed by atoms with Crippen LogP contribution in [0.3, 0.4) is 0 Å². The number of aromatic nitrogens is 1. The number of nitrogens with zero attached hydrogens (tertiary/aromatic N) is 1. The molecule has 1 saturated carbocycles. The largest absolute Gasteiger partial charge is 0.481 e. The fourth-order valence-electron chi connectivity index (χ4n) is 2.46. The molecule has 1 aliphatic carbocycles. The molecule has 1 heterocycles. The van der Waals surface area contributed by atoms with Crippen molar-refractivity contribution in [3.05, 3.63) is 16.6 Å². The summed E-state index contributed by atoms with van der Waals surface area (Å²) in [5, 5.41) is 11.9. The molecular weight excluding hydrogens is 222 g/mol. The van der Waals surface area contributed by atoms with Crippen LogP contribution in [-0.2, 0) is 4.79 Å². The molecule has 2 rings (SSSR count). The summed E-state index contributed by atoms with van der Waals surface area (Å²) in [6.45, 7) is 0. The normalized spacial score (nSPS) is 25.5. The molecule has 0 radical (unpaired) electrons. The highest BCUT2D eigenvalue weighted by Crippen LogP contribution is 2.37. The maximum atomic E-state index is 10.5. The minimum absolute atomic E-state index is 0.326. The molecule has 0 aliphatic heterocycles. The van der Waals surface area contributed by atoms with E-state index in [1.807, 2.05) is 11.6 Å². The monoisotopic (exact) mass is 239 g/mol. The van der Waals surface area contributed by atoms with Crippen LogP contribution < -0.4 is 0 Å². The highest BCUT2D eigenvalue weighted by Gasteiger charge is 2.23. The van der Waals surface area contributed by atoms with E-state index in [4.69, 9.17) is 5.11 Å². The lowest BCUT2D eigenvalue weighted by Gasteiger charge is -2.26. The molecule has 16 heavy (non-hydrogen) atoms. The standard InChI is InChI=1S/C12H17NO2S/c14-11(15)6-3-9-1-4-10(5-2-9)12-13-7-8-16-12/h7-10H,1-6H2,(H,14,15). The number of carboxylic acid groups (broad SMARTS) is 1. The Balaban J connectivity index is 1.76. The van der Waals surface area contributed by atoms with Gasteiger partial charge in [-0.25, -0.2) is 4.98 Å². The average molecular weight is 239 g/mol. The first kappa shape index (κ1) is 11.6. The van der Waals surface area contributed by atoms with Gasteiger partial charge in [0.1, 0.15) is 0 Å². The summed E-state index contributed by atoms with van der Waals surface area (Å²) in [5.41, 5.74) is 0. The van der Waals surface area contributed by atoms with Crippen LogP contribution in [0.5, 0.6) is 0 Å². The Bertz CT molecular complexity index is 329. The lowest BCUT2D eigenvalue weighted by atomic mass is 9.80. The quantitative estimate of drug-likeness (QED) is 0.877. The number of thiazole rings is 1. The van der Waals surface area contributed by atoms with Crippen molar-refractivity contribution in [1.82, 2.24) is 4.98 Å². The van der Waals surface area contributed by atoms with E-state index in [-0.39, 0.29) is 0 Å². The summed E-state index contributed by atoms with van der Waals surface area (Å²) in [4.78, 5) is 14.8. The van der Waals surface area contributed by atoms with Gasteiger partial charge >= 0.3 is 5.97 Å². The van der Waals surface area contributed by atoms with Crippen LogP contribution in [0.4, 0.5) is 0 Å². The van der Waals surface area contributed by atoms with Gasteiger partial charge in [0.25, 0.3) is 0 Å². The van der Waals surface area contributed by atoms with E-state index in [1.165, 1.54) is 17.8 Å². The Morgan fingerprint density at radius 1 is 1.44 bits per heavy atom. The van der Waals surface area contributed by atoms with E-state index in [9.17, 15) is 4.79 Å². The van der Waals surface area contributed by atoms with E-state index < -0.39 is 5.97 Å². The Morgan fingerprint density at radius 2 is 2.19 bits per heavy atom. The summed E-state index contributed by atoms with van der Waals surface area (Å²) in [5.74, 6) is 0.579. The molecule has 0 unspecified atom stereocenters. The van der Waals surface area contributed by atoms with Crippen LogP contribution in [0, 0.1) is 5.92 Å². The Morgan fingerprint density at radius 3 is 2.75 bits per heavy atom. The van der Waals surface area contributed by atoms with Gasteiger partial charge in [0, 0.05) is 23.9 Å². The predicted molar refractivity (Wildman–Crippen MR) is 63.7 cm³/mol. The third kappa shape index (κ3) is 3.04. The first-order valence-corrected chi connectivity index (χ1v) is 6.75. The van der Waals surface area contributed by atoms with Crippen LogP contribution in [0.2, 0.25) is 0 Å². The van der Waals surface area contributed by atoms with Crippen molar-refractivity contribution in [2.24, 2.45) is 5.92 Å². The van der Waals surface area contributed by atoms with Crippen molar-refractivity contribution in [2.75, 3.05) is 0 Å². The number of carbonyl (C=O) groups is 1. The first-order chi connectivity index (χ1) is 7.75. The SMILES string of the molecule is O=C(O)CCC1CCC(c2nccs2)CC1. The lowest BCUT2D eigenvalue weighted by molar-refractivity contribution is -0.137. The molecule has 88 valence electrons. The molecule has 0 spiro atoms. The van der Waals surface area contributed by atoms with Crippen LogP contribution in [0.25, 0.3) is 0 Å². The average Bonchev–Trinajstić information content (AvgIpc) is 2.80. The van der Waals surface area contributed by atoms with E-state index in [2.05, 4.69) is 4.98 Å². The van der Waals surface area contributed by atoms with E-state index in [0.29, 0.717) is 18.3 Å². The fourth-order valence-corrected chi connectivity index (χ4v) is 3.27. The molecule has 0 amide bonds. The second-order valence-electron chi connectivity index (χ2n) is 4.52. The van der Waals surface area contributed by atoms with Gasteiger partial charge in [0.2, 0.25) is 0 Å². The predicted octanol–water partition coefficient (Wildman–Crippen LogP) is 3.28. The summed E-state index contributed by atoms with van der Waals surface area (Å²) < 4.78 is 0. The van der Waals surface area contributed by atoms with Gasteiger partial charge in [0.15, 0.2) is 0 Å². The van der Waals surface area contributed by atoms with Crippen molar-refractivity contribution >= 4 is 17.3 Å². The number of rotatable bonds is 4. The second-order valence-corrected chi connectivity index (χ2v) is 5.45. The maximum absolute atomic E-state index is 10.5. The van der Waals surface area contributed by atoms with Gasteiger partial charge in [-0.2, -0.15) is 0 Å². The topological polar surface area (TPSA) is 50.2 Å². The second kappa shape index (κ2) is 5.43. The summed E-state index contributed by atoms with van der Waals surface area (Å²) in [6.07, 6.45) is 7.73. The number of hydrogen-bond donors (Lipinski definition) is 1. The Kier molecular flexibility index (Phi) is 3.93. The Hall–Kier alpha value is -0.900. The van der Waals surface area contributed by atoms with Crippen LogP contribution in [0.1, 0.15) is 49.5 Å². The van der Waals surface area contributed by atoms with Gasteiger partial charge < -0.3 is 5.11 Å². The minimum atomic E-state index is -0.665. The van der Waals surface area contributed by atoms with Gasteiger partial charge in [-0.15, -0.1) is 11.3 Å². The van der Waals surface area contributed by atoms with Crippen LogP contribution in [-0.4, -0.2) is 16.1 Å². The minimum Gasteiger partial charge on any atom is -0.481 e. The number of aliphatic carboxylic acids is 1. The number of carboxylic acids is 1. The molecule has 1 aromatic heterocycles. The van der Waals surface area contributed by atoms with Crippen LogP contribution >= 0.6 is 11.3 Å². The number of hydrogen-bond acceptors (Lipinski definition) is 3. The molecule has 4 heteroatoms. The van der Waals surface area contributed by atoms with Gasteiger partial charge in [-0.05, 0) is 38.0 Å². The molecule has 0 aromatic carbocycles. The van der Waals surface area contributed by atoms with Crippen molar-refractivity contribution in [3.63, 3.8) is 0 Å². The highest BCUT2D eigenvalue weighted by molar-refractivity contribution is 7.09. The smallest absolute Gasteiger partial charge is 0.303 e. The molecular formula is C12H17NO2S. The van der Waals surface area contributed by atoms with Crippen molar-refractivity contribution in [1.29, 1.82) is 0 Å². The summed E-state index contributed by atoms with van der Waals surface area (Å²) in [7, 11) is 0. The molecule has 1 aliphatic rings.